The second-order valence-electron chi connectivity index (χ2n) is 3.89. The summed E-state index contributed by atoms with van der Waals surface area (Å²) in [6.45, 7) is 0. The first-order chi connectivity index (χ1) is 9.50. The third kappa shape index (κ3) is 2.54. The number of rotatable bonds is 4. The van der Waals surface area contributed by atoms with E-state index >= 15 is 0 Å². The highest BCUT2D eigenvalue weighted by Gasteiger charge is 2.22. The number of nitrogens with two attached hydrogens (primary N) is 1. The Kier molecular flexibility index (Phi) is 3.58. The van der Waals surface area contributed by atoms with E-state index < -0.39 is 15.5 Å². The molecule has 0 saturated heterocycles. The Hall–Kier alpha value is -3.00. The molecule has 0 atom stereocenters. The van der Waals surface area contributed by atoms with Crippen LogP contribution in [0, 0.1) is 20.2 Å². The van der Waals surface area contributed by atoms with E-state index in [1.807, 2.05) is 0 Å². The van der Waals surface area contributed by atoms with E-state index in [4.69, 9.17) is 5.84 Å². The van der Waals surface area contributed by atoms with Gasteiger partial charge in [-0.05, 0) is 18.2 Å². The minimum atomic E-state index is -0.703. The lowest BCUT2D eigenvalue weighted by molar-refractivity contribution is -0.393. The fourth-order valence-corrected chi connectivity index (χ4v) is 1.70. The Bertz CT molecular complexity index is 660. The molecule has 0 spiro atoms. The number of hydrogen-bond acceptors (Lipinski definition) is 6. The summed E-state index contributed by atoms with van der Waals surface area (Å²) in [6, 6.07) is 11.9. The van der Waals surface area contributed by atoms with Crippen LogP contribution in [0.1, 0.15) is 0 Å². The van der Waals surface area contributed by atoms with E-state index in [0.29, 0.717) is 5.69 Å². The quantitative estimate of drug-likeness (QED) is 0.520. The second kappa shape index (κ2) is 5.33. The first-order valence-electron chi connectivity index (χ1n) is 5.53. The molecule has 20 heavy (non-hydrogen) atoms. The number of nitrogens with zero attached hydrogens (tertiary/aromatic N) is 3. The van der Waals surface area contributed by atoms with Gasteiger partial charge in [0.2, 0.25) is 0 Å². The molecule has 2 aromatic rings. The first kappa shape index (κ1) is 13.4. The van der Waals surface area contributed by atoms with Gasteiger partial charge in [-0.1, -0.05) is 18.2 Å². The minimum absolute atomic E-state index is 0.0757. The zero-order valence-electron chi connectivity index (χ0n) is 10.2. The average Bonchev–Trinajstić information content (AvgIpc) is 2.46. The molecule has 0 unspecified atom stereocenters. The molecule has 2 aromatic carbocycles. The van der Waals surface area contributed by atoms with Gasteiger partial charge in [-0.15, -0.1) is 0 Å². The third-order valence-corrected chi connectivity index (χ3v) is 2.66. The molecule has 0 aliphatic rings. The summed E-state index contributed by atoms with van der Waals surface area (Å²) in [5, 5.41) is 22.8. The molecule has 0 saturated carbocycles. The molecule has 2 rings (SSSR count). The van der Waals surface area contributed by atoms with Crippen LogP contribution in [-0.4, -0.2) is 9.85 Å². The van der Waals surface area contributed by atoms with Gasteiger partial charge in [-0.25, -0.2) is 5.84 Å². The zero-order valence-corrected chi connectivity index (χ0v) is 10.2. The van der Waals surface area contributed by atoms with Gasteiger partial charge >= 0.3 is 5.69 Å². The summed E-state index contributed by atoms with van der Waals surface area (Å²) in [5.74, 6) is 5.84. The Morgan fingerprint density at radius 2 is 1.60 bits per heavy atom. The fraction of sp³-hybridized carbons (Fsp3) is 0. The third-order valence-electron chi connectivity index (χ3n) is 2.66. The van der Waals surface area contributed by atoms with Crippen LogP contribution in [0.5, 0.6) is 0 Å². The monoisotopic (exact) mass is 274 g/mol. The van der Waals surface area contributed by atoms with Gasteiger partial charge in [0.15, 0.2) is 0 Å². The van der Waals surface area contributed by atoms with Gasteiger partial charge < -0.3 is 0 Å². The lowest BCUT2D eigenvalue weighted by atomic mass is 10.2. The summed E-state index contributed by atoms with van der Waals surface area (Å²) in [5.41, 5.74) is -0.177. The van der Waals surface area contributed by atoms with Crippen molar-refractivity contribution in [2.75, 3.05) is 5.01 Å². The molecular weight excluding hydrogens is 264 g/mol. The van der Waals surface area contributed by atoms with Crippen LogP contribution in [0.15, 0.2) is 48.5 Å². The molecule has 0 heterocycles. The lowest BCUT2D eigenvalue weighted by Crippen LogP contribution is -2.25. The van der Waals surface area contributed by atoms with E-state index in [-0.39, 0.29) is 11.4 Å². The second-order valence-corrected chi connectivity index (χ2v) is 3.89. The Morgan fingerprint density at radius 1 is 0.950 bits per heavy atom. The van der Waals surface area contributed by atoms with Crippen molar-refractivity contribution >= 4 is 22.7 Å². The normalized spacial score (nSPS) is 10.1. The van der Waals surface area contributed by atoms with E-state index in [1.165, 1.54) is 12.1 Å². The largest absolute Gasteiger partial charge is 0.301 e. The summed E-state index contributed by atoms with van der Waals surface area (Å²) in [4.78, 5) is 20.3. The zero-order chi connectivity index (χ0) is 14.7. The van der Waals surface area contributed by atoms with Crippen molar-refractivity contribution in [3.8, 4) is 0 Å². The van der Waals surface area contributed by atoms with E-state index in [1.54, 1.807) is 30.3 Å². The number of anilines is 2. The maximum Gasteiger partial charge on any atom is 0.301 e. The molecule has 0 aliphatic carbocycles. The van der Waals surface area contributed by atoms with E-state index in [9.17, 15) is 20.2 Å². The summed E-state index contributed by atoms with van der Waals surface area (Å²) < 4.78 is 0. The molecule has 2 N–H and O–H groups in total. The van der Waals surface area contributed by atoms with Crippen LogP contribution in [0.3, 0.4) is 0 Å². The maximum absolute atomic E-state index is 11.0. The molecule has 0 bridgehead atoms. The number of non-ortho nitro benzene ring substituents is 1. The van der Waals surface area contributed by atoms with Crippen molar-refractivity contribution < 1.29 is 9.85 Å². The summed E-state index contributed by atoms with van der Waals surface area (Å²) in [7, 11) is 0. The molecule has 0 fully saturated rings. The lowest BCUT2D eigenvalue weighted by Gasteiger charge is -2.18. The van der Waals surface area contributed by atoms with Crippen LogP contribution >= 0.6 is 0 Å². The van der Waals surface area contributed by atoms with Crippen molar-refractivity contribution in [2.24, 2.45) is 5.84 Å². The Morgan fingerprint density at radius 3 is 2.15 bits per heavy atom. The predicted molar refractivity (Wildman–Crippen MR) is 72.5 cm³/mol. The molecule has 0 amide bonds. The molecular formula is C12H10N4O4. The van der Waals surface area contributed by atoms with Crippen molar-refractivity contribution in [3.05, 3.63) is 68.8 Å². The maximum atomic E-state index is 11.0. The van der Waals surface area contributed by atoms with Crippen LogP contribution in [0.4, 0.5) is 22.7 Å². The van der Waals surface area contributed by atoms with Crippen molar-refractivity contribution in [2.45, 2.75) is 0 Å². The van der Waals surface area contributed by atoms with Gasteiger partial charge in [-0.2, -0.15) is 0 Å². The highest BCUT2D eigenvalue weighted by molar-refractivity contribution is 5.72. The van der Waals surface area contributed by atoms with Crippen LogP contribution in [0.25, 0.3) is 0 Å². The molecule has 0 radical (unpaired) electrons. The highest BCUT2D eigenvalue weighted by Crippen LogP contribution is 2.33. The topological polar surface area (TPSA) is 116 Å². The first-order valence-corrected chi connectivity index (χ1v) is 5.53. The smallest absolute Gasteiger partial charge is 0.273 e. The van der Waals surface area contributed by atoms with E-state index in [2.05, 4.69) is 0 Å². The van der Waals surface area contributed by atoms with Gasteiger partial charge in [-0.3, -0.25) is 25.2 Å². The van der Waals surface area contributed by atoms with Gasteiger partial charge in [0, 0.05) is 6.07 Å². The van der Waals surface area contributed by atoms with Gasteiger partial charge in [0.05, 0.1) is 21.6 Å². The van der Waals surface area contributed by atoms with Crippen molar-refractivity contribution in [3.63, 3.8) is 0 Å². The number of para-hydroxylation sites is 1. The summed E-state index contributed by atoms with van der Waals surface area (Å²) >= 11 is 0. The fourth-order valence-electron chi connectivity index (χ4n) is 1.70. The Labute approximate surface area is 113 Å². The minimum Gasteiger partial charge on any atom is -0.273 e. The molecule has 8 nitrogen and oxygen atoms in total. The average molecular weight is 274 g/mol. The number of nitro groups is 2. The highest BCUT2D eigenvalue weighted by atomic mass is 16.6. The summed E-state index contributed by atoms with van der Waals surface area (Å²) in [6.07, 6.45) is 0. The SMILES string of the molecule is NN(c1ccccc1)c1ccc([N+](=O)[O-])cc1[N+](=O)[O-]. The van der Waals surface area contributed by atoms with Crippen LogP contribution in [0.2, 0.25) is 0 Å². The van der Waals surface area contributed by atoms with Crippen molar-refractivity contribution in [1.82, 2.24) is 0 Å². The van der Waals surface area contributed by atoms with Crippen LogP contribution < -0.4 is 10.9 Å². The number of benzene rings is 2. The number of hydrazine groups is 1. The standard InChI is InChI=1S/C12H10N4O4/c13-14(9-4-2-1-3-5-9)11-7-6-10(15(17)18)8-12(11)16(19)20/h1-8H,13H2. The van der Waals surface area contributed by atoms with E-state index in [0.717, 1.165) is 11.1 Å². The molecule has 0 aliphatic heterocycles. The van der Waals surface area contributed by atoms with Gasteiger partial charge in [0.1, 0.15) is 5.69 Å². The predicted octanol–water partition coefficient (Wildman–Crippen LogP) is 2.51. The molecule has 8 heteroatoms. The Balaban J connectivity index is 2.51. The molecule has 0 aromatic heterocycles. The van der Waals surface area contributed by atoms with Crippen LogP contribution in [-0.2, 0) is 0 Å². The molecule has 102 valence electrons. The van der Waals surface area contributed by atoms with Crippen molar-refractivity contribution in [1.29, 1.82) is 0 Å². The van der Waals surface area contributed by atoms with Gasteiger partial charge in [0.25, 0.3) is 5.69 Å². The number of nitro benzene ring substituents is 2. The number of hydrogen-bond donors (Lipinski definition) is 1.